The number of sulfonamides is 1. The highest BCUT2D eigenvalue weighted by Crippen LogP contribution is 2.27. The second-order valence-electron chi connectivity index (χ2n) is 5.49. The fraction of sp³-hybridized carbons (Fsp3) is 0.333. The summed E-state index contributed by atoms with van der Waals surface area (Å²) in [5.74, 6) is 0.288. The Morgan fingerprint density at radius 3 is 2.57 bits per heavy atom. The molecule has 1 aliphatic heterocycles. The quantitative estimate of drug-likeness (QED) is 0.842. The van der Waals surface area contributed by atoms with Crippen molar-refractivity contribution < 1.29 is 8.42 Å². The molecule has 4 nitrogen and oxygen atoms in total. The van der Waals surface area contributed by atoms with E-state index in [1.165, 1.54) is 6.07 Å². The van der Waals surface area contributed by atoms with Gasteiger partial charge in [0.2, 0.25) is 10.0 Å². The fourth-order valence-corrected chi connectivity index (χ4v) is 5.40. The summed E-state index contributed by atoms with van der Waals surface area (Å²) in [5.41, 5.74) is 1.12. The third-order valence-electron chi connectivity index (χ3n) is 3.85. The van der Waals surface area contributed by atoms with Crippen LogP contribution in [-0.2, 0) is 10.0 Å². The third-order valence-corrected chi connectivity index (χ3v) is 7.25. The highest BCUT2D eigenvalue weighted by atomic mass is 35.5. The molecule has 0 spiro atoms. The van der Waals surface area contributed by atoms with Crippen molar-refractivity contribution in [3.63, 3.8) is 0 Å². The summed E-state index contributed by atoms with van der Waals surface area (Å²) in [6.07, 6.45) is 0.955. The van der Waals surface area contributed by atoms with Gasteiger partial charge in [0, 0.05) is 30.3 Å². The predicted molar refractivity (Wildman–Crippen MR) is 96.3 cm³/mol. The summed E-state index contributed by atoms with van der Waals surface area (Å²) in [5, 5.41) is 0.715. The summed E-state index contributed by atoms with van der Waals surface area (Å²) in [6.45, 7) is 2.18. The molecule has 1 fully saturated rings. The number of anilines is 1. The highest BCUT2D eigenvalue weighted by molar-refractivity contribution is 7.91. The Kier molecular flexibility index (Phi) is 5.18. The van der Waals surface area contributed by atoms with Crippen LogP contribution < -0.4 is 9.62 Å². The van der Waals surface area contributed by atoms with E-state index in [1.54, 1.807) is 6.07 Å². The van der Waals surface area contributed by atoms with Crippen LogP contribution in [0, 0.1) is 5.92 Å². The Labute approximate surface area is 150 Å². The Morgan fingerprint density at radius 1 is 1.17 bits per heavy atom. The molecule has 1 saturated heterocycles. The molecule has 2 heterocycles. The average Bonchev–Trinajstić information content (AvgIpc) is 3.15. The molecule has 0 amide bonds. The average molecular weight is 391 g/mol. The van der Waals surface area contributed by atoms with Gasteiger partial charge in [0.1, 0.15) is 4.21 Å². The first-order valence-electron chi connectivity index (χ1n) is 7.19. The first kappa shape index (κ1) is 17.0. The number of nitrogens with one attached hydrogen (secondary N) is 1. The molecule has 124 valence electrons. The second-order valence-corrected chi connectivity index (χ2v) is 9.63. The third kappa shape index (κ3) is 4.19. The number of halogens is 2. The van der Waals surface area contributed by atoms with Gasteiger partial charge >= 0.3 is 0 Å². The lowest BCUT2D eigenvalue weighted by Crippen LogP contribution is -2.30. The van der Waals surface area contributed by atoms with Gasteiger partial charge in [0.15, 0.2) is 0 Å². The monoisotopic (exact) mass is 390 g/mol. The summed E-state index contributed by atoms with van der Waals surface area (Å²) in [4.78, 5) is 2.25. The first-order chi connectivity index (χ1) is 10.9. The van der Waals surface area contributed by atoms with Crippen LogP contribution in [0.15, 0.2) is 40.6 Å². The standard InChI is InChI=1S/C15H16Cl2N2O2S2/c16-12-1-3-13(4-2-12)19-8-7-11(10-19)9-18-23(20,21)15-6-5-14(17)22-15/h1-6,11,18H,7-10H2. The summed E-state index contributed by atoms with van der Waals surface area (Å²) in [7, 11) is -3.47. The number of hydrogen-bond donors (Lipinski definition) is 1. The van der Waals surface area contributed by atoms with Gasteiger partial charge in [0.25, 0.3) is 0 Å². The van der Waals surface area contributed by atoms with E-state index >= 15 is 0 Å². The van der Waals surface area contributed by atoms with E-state index in [4.69, 9.17) is 23.2 Å². The minimum absolute atomic E-state index is 0.259. The van der Waals surface area contributed by atoms with Crippen LogP contribution in [0.4, 0.5) is 5.69 Å². The second kappa shape index (κ2) is 6.99. The lowest BCUT2D eigenvalue weighted by Gasteiger charge is -2.18. The number of nitrogens with zero attached hydrogens (tertiary/aromatic N) is 1. The van der Waals surface area contributed by atoms with E-state index in [0.29, 0.717) is 15.9 Å². The van der Waals surface area contributed by atoms with Crippen LogP contribution in [-0.4, -0.2) is 28.1 Å². The van der Waals surface area contributed by atoms with E-state index in [0.717, 1.165) is 36.5 Å². The van der Waals surface area contributed by atoms with Crippen molar-refractivity contribution >= 4 is 50.2 Å². The Bertz CT molecular complexity index is 775. The molecule has 0 bridgehead atoms. The van der Waals surface area contributed by atoms with Crippen molar-refractivity contribution in [3.05, 3.63) is 45.8 Å². The SMILES string of the molecule is O=S(=O)(NCC1CCN(c2ccc(Cl)cc2)C1)c1ccc(Cl)s1. The smallest absolute Gasteiger partial charge is 0.250 e. The molecule has 0 saturated carbocycles. The summed E-state index contributed by atoms with van der Waals surface area (Å²) in [6, 6.07) is 10.8. The molecule has 1 aromatic carbocycles. The zero-order valence-electron chi connectivity index (χ0n) is 12.2. The van der Waals surface area contributed by atoms with Crippen LogP contribution in [0.1, 0.15) is 6.42 Å². The number of rotatable bonds is 5. The van der Waals surface area contributed by atoms with Crippen molar-refractivity contribution in [2.75, 3.05) is 24.5 Å². The van der Waals surface area contributed by atoms with E-state index < -0.39 is 10.0 Å². The molecule has 8 heteroatoms. The van der Waals surface area contributed by atoms with Crippen LogP contribution in [0.3, 0.4) is 0 Å². The maximum Gasteiger partial charge on any atom is 0.250 e. The van der Waals surface area contributed by atoms with Crippen molar-refractivity contribution in [1.29, 1.82) is 0 Å². The fourth-order valence-electron chi connectivity index (χ4n) is 2.63. The molecule has 1 aromatic heterocycles. The maximum atomic E-state index is 12.2. The summed E-state index contributed by atoms with van der Waals surface area (Å²) >= 11 is 12.8. The maximum absolute atomic E-state index is 12.2. The lowest BCUT2D eigenvalue weighted by molar-refractivity contribution is 0.543. The molecule has 3 rings (SSSR count). The zero-order valence-corrected chi connectivity index (χ0v) is 15.4. The minimum atomic E-state index is -3.47. The zero-order chi connectivity index (χ0) is 16.4. The van der Waals surface area contributed by atoms with Crippen LogP contribution in [0.5, 0.6) is 0 Å². The van der Waals surface area contributed by atoms with Gasteiger partial charge in [-0.05, 0) is 48.7 Å². The molecule has 0 radical (unpaired) electrons. The molecule has 1 aliphatic rings. The molecule has 1 N–H and O–H groups in total. The Morgan fingerprint density at radius 2 is 1.91 bits per heavy atom. The molecular weight excluding hydrogens is 375 g/mol. The van der Waals surface area contributed by atoms with Gasteiger partial charge in [-0.25, -0.2) is 13.1 Å². The minimum Gasteiger partial charge on any atom is -0.371 e. The van der Waals surface area contributed by atoms with Crippen molar-refractivity contribution in [3.8, 4) is 0 Å². The van der Waals surface area contributed by atoms with Crippen LogP contribution in [0.25, 0.3) is 0 Å². The van der Waals surface area contributed by atoms with Crippen LogP contribution in [0.2, 0.25) is 9.36 Å². The molecule has 2 aromatic rings. The Hall–Kier alpha value is -0.790. The molecule has 1 unspecified atom stereocenters. The van der Waals surface area contributed by atoms with Gasteiger partial charge in [0.05, 0.1) is 4.34 Å². The predicted octanol–water partition coefficient (Wildman–Crippen LogP) is 3.86. The topological polar surface area (TPSA) is 49.4 Å². The molecule has 0 aliphatic carbocycles. The van der Waals surface area contributed by atoms with E-state index in [1.807, 2.05) is 24.3 Å². The van der Waals surface area contributed by atoms with Gasteiger partial charge in [-0.15, -0.1) is 11.3 Å². The van der Waals surface area contributed by atoms with Crippen LogP contribution >= 0.6 is 34.5 Å². The molecular formula is C15H16Cl2N2O2S2. The summed E-state index contributed by atoms with van der Waals surface area (Å²) < 4.78 is 27.8. The van der Waals surface area contributed by atoms with Gasteiger partial charge in [-0.3, -0.25) is 0 Å². The van der Waals surface area contributed by atoms with Gasteiger partial charge in [-0.1, -0.05) is 23.2 Å². The largest absolute Gasteiger partial charge is 0.371 e. The molecule has 23 heavy (non-hydrogen) atoms. The van der Waals surface area contributed by atoms with Crippen molar-refractivity contribution in [1.82, 2.24) is 4.72 Å². The van der Waals surface area contributed by atoms with Crippen molar-refractivity contribution in [2.45, 2.75) is 10.6 Å². The van der Waals surface area contributed by atoms with E-state index in [2.05, 4.69) is 9.62 Å². The number of benzene rings is 1. The Balaban J connectivity index is 1.57. The number of thiophene rings is 1. The van der Waals surface area contributed by atoms with E-state index in [9.17, 15) is 8.42 Å². The lowest BCUT2D eigenvalue weighted by atomic mass is 10.1. The number of hydrogen-bond acceptors (Lipinski definition) is 4. The first-order valence-corrected chi connectivity index (χ1v) is 10.2. The molecule has 1 atom stereocenters. The van der Waals surface area contributed by atoms with Gasteiger partial charge in [-0.2, -0.15) is 0 Å². The van der Waals surface area contributed by atoms with Gasteiger partial charge < -0.3 is 4.90 Å². The normalized spacial score (nSPS) is 18.5. The van der Waals surface area contributed by atoms with E-state index in [-0.39, 0.29) is 10.1 Å². The highest BCUT2D eigenvalue weighted by Gasteiger charge is 2.25. The van der Waals surface area contributed by atoms with Crippen molar-refractivity contribution in [2.24, 2.45) is 5.92 Å².